The molecule has 0 atom stereocenters. The van der Waals surface area contributed by atoms with Crippen molar-refractivity contribution in [1.29, 1.82) is 0 Å². The second kappa shape index (κ2) is 6.01. The Labute approximate surface area is 110 Å². The highest BCUT2D eigenvalue weighted by atomic mass is 16.1. The lowest BCUT2D eigenvalue weighted by atomic mass is 10.1. The van der Waals surface area contributed by atoms with Gasteiger partial charge in [-0.2, -0.15) is 0 Å². The fourth-order valence-corrected chi connectivity index (χ4v) is 1.73. The number of rotatable bonds is 5. The van der Waals surface area contributed by atoms with Crippen LogP contribution in [0.4, 0.5) is 11.5 Å². The Hall–Kier alpha value is -2.34. The van der Waals surface area contributed by atoms with Crippen LogP contribution >= 0.6 is 0 Å². The molecule has 0 amide bonds. The Morgan fingerprint density at radius 3 is 2.58 bits per heavy atom. The van der Waals surface area contributed by atoms with Gasteiger partial charge in [-0.25, -0.2) is 4.98 Å². The molecule has 6 heteroatoms. The highest BCUT2D eigenvalue weighted by molar-refractivity contribution is 5.58. The first-order valence-electron chi connectivity index (χ1n) is 6.05. The summed E-state index contributed by atoms with van der Waals surface area (Å²) in [7, 11) is 0. The number of nitrogen functional groups attached to an aromatic ring is 1. The van der Waals surface area contributed by atoms with Crippen LogP contribution in [0, 0.1) is 0 Å². The van der Waals surface area contributed by atoms with Crippen LogP contribution in [0.15, 0.2) is 35.4 Å². The monoisotopic (exact) mass is 259 g/mol. The second-order valence-electron chi connectivity index (χ2n) is 4.20. The Morgan fingerprint density at radius 2 is 1.89 bits per heavy atom. The van der Waals surface area contributed by atoms with E-state index in [9.17, 15) is 4.79 Å². The van der Waals surface area contributed by atoms with Crippen LogP contribution in [-0.4, -0.2) is 16.5 Å². The fraction of sp³-hybridized carbons (Fsp3) is 0.231. The topological polar surface area (TPSA) is 110 Å². The van der Waals surface area contributed by atoms with Gasteiger partial charge in [-0.1, -0.05) is 24.3 Å². The molecule has 0 saturated heterocycles. The molecule has 0 spiro atoms. The molecule has 0 aliphatic carbocycles. The normalized spacial score (nSPS) is 10.4. The largest absolute Gasteiger partial charge is 0.391 e. The zero-order valence-corrected chi connectivity index (χ0v) is 10.5. The summed E-state index contributed by atoms with van der Waals surface area (Å²) in [5.41, 5.74) is 13.2. The number of anilines is 2. The number of nitrogens with zero attached hydrogens (tertiary/aromatic N) is 1. The predicted octanol–water partition coefficient (Wildman–Crippen LogP) is 0.465. The standard InChI is InChI=1S/C13H17N5O/c14-6-5-9-1-3-10(4-2-9)7-16-12-11(15)13(19)18-8-17-12/h1-4,8H,5-7,14-15H2,(H2,16,17,18,19). The molecule has 2 aromatic rings. The average Bonchev–Trinajstić information content (AvgIpc) is 2.42. The molecule has 1 aromatic carbocycles. The van der Waals surface area contributed by atoms with Crippen molar-refractivity contribution in [2.45, 2.75) is 13.0 Å². The van der Waals surface area contributed by atoms with E-state index >= 15 is 0 Å². The Balaban J connectivity index is 2.02. The maximum Gasteiger partial charge on any atom is 0.276 e. The van der Waals surface area contributed by atoms with E-state index in [1.165, 1.54) is 11.9 Å². The Kier molecular flexibility index (Phi) is 4.15. The SMILES string of the molecule is NCCc1ccc(CNc2nc[nH]c(=O)c2N)cc1. The summed E-state index contributed by atoms with van der Waals surface area (Å²) < 4.78 is 0. The van der Waals surface area contributed by atoms with E-state index in [0.29, 0.717) is 18.9 Å². The van der Waals surface area contributed by atoms with E-state index < -0.39 is 0 Å². The smallest absolute Gasteiger partial charge is 0.276 e. The molecule has 0 radical (unpaired) electrons. The molecule has 2 rings (SSSR count). The fourth-order valence-electron chi connectivity index (χ4n) is 1.73. The lowest BCUT2D eigenvalue weighted by Gasteiger charge is -2.08. The van der Waals surface area contributed by atoms with Gasteiger partial charge < -0.3 is 21.8 Å². The van der Waals surface area contributed by atoms with Crippen molar-refractivity contribution in [3.8, 4) is 0 Å². The number of benzene rings is 1. The Morgan fingerprint density at radius 1 is 1.21 bits per heavy atom. The van der Waals surface area contributed by atoms with Crippen LogP contribution in [-0.2, 0) is 13.0 Å². The molecule has 1 heterocycles. The number of aromatic amines is 1. The molecule has 0 fully saturated rings. The molecular formula is C13H17N5O. The van der Waals surface area contributed by atoms with Crippen molar-refractivity contribution in [2.75, 3.05) is 17.6 Å². The van der Waals surface area contributed by atoms with E-state index in [2.05, 4.69) is 15.3 Å². The third kappa shape index (κ3) is 3.32. The number of hydrogen-bond donors (Lipinski definition) is 4. The number of nitrogens with one attached hydrogen (secondary N) is 2. The summed E-state index contributed by atoms with van der Waals surface area (Å²) in [4.78, 5) is 17.7. The van der Waals surface area contributed by atoms with Gasteiger partial charge in [0.05, 0.1) is 6.33 Å². The zero-order valence-electron chi connectivity index (χ0n) is 10.5. The van der Waals surface area contributed by atoms with Crippen LogP contribution in [0.3, 0.4) is 0 Å². The maximum atomic E-state index is 11.3. The highest BCUT2D eigenvalue weighted by Crippen LogP contribution is 2.11. The van der Waals surface area contributed by atoms with Crippen molar-refractivity contribution in [2.24, 2.45) is 5.73 Å². The first-order valence-corrected chi connectivity index (χ1v) is 6.05. The van der Waals surface area contributed by atoms with Gasteiger partial charge in [-0.3, -0.25) is 4.79 Å². The van der Waals surface area contributed by atoms with Crippen molar-refractivity contribution < 1.29 is 0 Å². The first-order chi connectivity index (χ1) is 9.20. The molecule has 0 aliphatic heterocycles. The van der Waals surface area contributed by atoms with E-state index in [4.69, 9.17) is 11.5 Å². The predicted molar refractivity (Wildman–Crippen MR) is 75.8 cm³/mol. The molecule has 0 unspecified atom stereocenters. The minimum absolute atomic E-state index is 0.0993. The third-order valence-corrected chi connectivity index (χ3v) is 2.80. The van der Waals surface area contributed by atoms with Crippen molar-refractivity contribution in [3.63, 3.8) is 0 Å². The van der Waals surface area contributed by atoms with E-state index in [0.717, 1.165) is 12.0 Å². The zero-order chi connectivity index (χ0) is 13.7. The highest BCUT2D eigenvalue weighted by Gasteiger charge is 2.03. The van der Waals surface area contributed by atoms with Crippen molar-refractivity contribution in [1.82, 2.24) is 9.97 Å². The van der Waals surface area contributed by atoms with Crippen LogP contribution in [0.1, 0.15) is 11.1 Å². The van der Waals surface area contributed by atoms with E-state index in [1.807, 2.05) is 24.3 Å². The van der Waals surface area contributed by atoms with Gasteiger partial charge in [-0.15, -0.1) is 0 Å². The molecule has 19 heavy (non-hydrogen) atoms. The van der Waals surface area contributed by atoms with Crippen LogP contribution in [0.2, 0.25) is 0 Å². The molecular weight excluding hydrogens is 242 g/mol. The van der Waals surface area contributed by atoms with E-state index in [-0.39, 0.29) is 11.2 Å². The van der Waals surface area contributed by atoms with Crippen molar-refractivity contribution >= 4 is 11.5 Å². The molecule has 0 saturated carbocycles. The van der Waals surface area contributed by atoms with Crippen LogP contribution in [0.5, 0.6) is 0 Å². The van der Waals surface area contributed by atoms with Gasteiger partial charge in [0, 0.05) is 6.54 Å². The van der Waals surface area contributed by atoms with Gasteiger partial charge in [-0.05, 0) is 24.1 Å². The van der Waals surface area contributed by atoms with Gasteiger partial charge in [0.2, 0.25) is 0 Å². The lowest BCUT2D eigenvalue weighted by Crippen LogP contribution is -2.16. The van der Waals surface area contributed by atoms with Crippen LogP contribution in [0.25, 0.3) is 0 Å². The van der Waals surface area contributed by atoms with Gasteiger partial charge in [0.25, 0.3) is 5.56 Å². The minimum atomic E-state index is -0.337. The van der Waals surface area contributed by atoms with Gasteiger partial charge >= 0.3 is 0 Å². The molecule has 0 bridgehead atoms. The van der Waals surface area contributed by atoms with Gasteiger partial charge in [0.15, 0.2) is 5.82 Å². The number of aromatic nitrogens is 2. The van der Waals surface area contributed by atoms with Gasteiger partial charge in [0.1, 0.15) is 5.69 Å². The molecule has 100 valence electrons. The molecule has 6 nitrogen and oxygen atoms in total. The quantitative estimate of drug-likeness (QED) is 0.623. The number of H-pyrrole nitrogens is 1. The number of nitrogens with two attached hydrogens (primary N) is 2. The second-order valence-corrected chi connectivity index (χ2v) is 4.20. The summed E-state index contributed by atoms with van der Waals surface area (Å²) in [5.74, 6) is 0.398. The van der Waals surface area contributed by atoms with Crippen molar-refractivity contribution in [3.05, 3.63) is 52.1 Å². The summed E-state index contributed by atoms with van der Waals surface area (Å²) in [6, 6.07) is 8.11. The molecule has 0 aliphatic rings. The molecule has 6 N–H and O–H groups in total. The lowest BCUT2D eigenvalue weighted by molar-refractivity contribution is 0.965. The summed E-state index contributed by atoms with van der Waals surface area (Å²) >= 11 is 0. The van der Waals surface area contributed by atoms with E-state index in [1.54, 1.807) is 0 Å². The summed E-state index contributed by atoms with van der Waals surface area (Å²) in [6.07, 6.45) is 2.20. The summed E-state index contributed by atoms with van der Waals surface area (Å²) in [6.45, 7) is 1.20. The number of hydrogen-bond acceptors (Lipinski definition) is 5. The van der Waals surface area contributed by atoms with Crippen LogP contribution < -0.4 is 22.3 Å². The minimum Gasteiger partial charge on any atom is -0.391 e. The third-order valence-electron chi connectivity index (χ3n) is 2.80. The Bertz CT molecular complexity index is 591. The molecule has 1 aromatic heterocycles. The summed E-state index contributed by atoms with van der Waals surface area (Å²) in [5, 5.41) is 3.04. The first kappa shape index (κ1) is 13.1. The maximum absolute atomic E-state index is 11.3. The average molecular weight is 259 g/mol.